The van der Waals surface area contributed by atoms with Crippen molar-refractivity contribution in [3.8, 4) is 0 Å². The molecule has 88 valence electrons. The molecule has 1 aromatic rings. The lowest BCUT2D eigenvalue weighted by Crippen LogP contribution is -2.20. The Hall–Kier alpha value is -1.42. The summed E-state index contributed by atoms with van der Waals surface area (Å²) in [4.78, 5) is 6.31. The molecule has 0 saturated carbocycles. The van der Waals surface area contributed by atoms with Crippen LogP contribution in [0.25, 0.3) is 0 Å². The van der Waals surface area contributed by atoms with Gasteiger partial charge < -0.3 is 10.6 Å². The van der Waals surface area contributed by atoms with Crippen molar-refractivity contribution in [1.82, 2.24) is 9.88 Å². The van der Waals surface area contributed by atoms with E-state index in [1.54, 1.807) is 6.20 Å². The van der Waals surface area contributed by atoms with Crippen LogP contribution in [0.5, 0.6) is 0 Å². The maximum absolute atomic E-state index is 7.33. The fraction of sp³-hybridized carbons (Fsp3) is 0.500. The van der Waals surface area contributed by atoms with Gasteiger partial charge in [-0.2, -0.15) is 0 Å². The normalized spacial score (nSPS) is 10.7. The average molecular weight is 220 g/mol. The average Bonchev–Trinajstić information content (AvgIpc) is 2.26. The maximum Gasteiger partial charge on any atom is 0.141 e. The largest absolute Gasteiger partial charge is 0.382 e. The highest BCUT2D eigenvalue weighted by molar-refractivity contribution is 5.93. The van der Waals surface area contributed by atoms with Crippen LogP contribution in [-0.4, -0.2) is 29.3 Å². The molecule has 0 atom stereocenters. The van der Waals surface area contributed by atoms with Crippen molar-refractivity contribution in [3.05, 3.63) is 29.6 Å². The standard InChI is InChI=1S/C12H20N4/c1-3-4-7-16(2)9-10-5-6-15-11(8-10)12(13)14/h5-6,8H,3-4,7,9H2,1-2H3,(H3,13,14). The summed E-state index contributed by atoms with van der Waals surface area (Å²) in [6.07, 6.45) is 4.13. The van der Waals surface area contributed by atoms with Crippen molar-refractivity contribution in [2.24, 2.45) is 5.73 Å². The van der Waals surface area contributed by atoms with E-state index in [1.165, 1.54) is 12.8 Å². The zero-order valence-electron chi connectivity index (χ0n) is 10.0. The number of nitrogens with zero attached hydrogens (tertiary/aromatic N) is 2. The molecule has 1 heterocycles. The van der Waals surface area contributed by atoms with E-state index in [-0.39, 0.29) is 5.84 Å². The highest BCUT2D eigenvalue weighted by atomic mass is 15.1. The molecule has 0 saturated heterocycles. The molecule has 16 heavy (non-hydrogen) atoms. The zero-order valence-corrected chi connectivity index (χ0v) is 10.0. The van der Waals surface area contributed by atoms with E-state index in [1.807, 2.05) is 12.1 Å². The number of rotatable bonds is 6. The minimum Gasteiger partial charge on any atom is -0.382 e. The van der Waals surface area contributed by atoms with Crippen molar-refractivity contribution in [2.75, 3.05) is 13.6 Å². The lowest BCUT2D eigenvalue weighted by atomic mass is 10.2. The molecule has 0 amide bonds. The Balaban J connectivity index is 2.59. The summed E-state index contributed by atoms with van der Waals surface area (Å²) in [6.45, 7) is 4.16. The van der Waals surface area contributed by atoms with Gasteiger partial charge >= 0.3 is 0 Å². The number of amidine groups is 1. The van der Waals surface area contributed by atoms with Gasteiger partial charge in [0, 0.05) is 12.7 Å². The smallest absolute Gasteiger partial charge is 0.141 e. The number of aromatic nitrogens is 1. The number of hydrogen-bond donors (Lipinski definition) is 2. The number of unbranched alkanes of at least 4 members (excludes halogenated alkanes) is 1. The number of nitrogens with one attached hydrogen (secondary N) is 1. The SMILES string of the molecule is CCCCN(C)Cc1ccnc(C(=N)N)c1. The summed E-state index contributed by atoms with van der Waals surface area (Å²) >= 11 is 0. The van der Waals surface area contributed by atoms with Crippen LogP contribution < -0.4 is 5.73 Å². The number of nitrogens with two attached hydrogens (primary N) is 1. The van der Waals surface area contributed by atoms with Crippen LogP contribution in [0.2, 0.25) is 0 Å². The van der Waals surface area contributed by atoms with E-state index in [0.29, 0.717) is 5.69 Å². The summed E-state index contributed by atoms with van der Waals surface area (Å²) < 4.78 is 0. The quantitative estimate of drug-likeness (QED) is 0.565. The third kappa shape index (κ3) is 3.98. The van der Waals surface area contributed by atoms with Crippen LogP contribution in [0, 0.1) is 5.41 Å². The van der Waals surface area contributed by atoms with Crippen molar-refractivity contribution >= 4 is 5.84 Å². The predicted molar refractivity (Wildman–Crippen MR) is 66.5 cm³/mol. The third-order valence-electron chi connectivity index (χ3n) is 2.45. The maximum atomic E-state index is 7.33. The molecule has 4 nitrogen and oxygen atoms in total. The number of hydrogen-bond acceptors (Lipinski definition) is 3. The molecular weight excluding hydrogens is 200 g/mol. The minimum absolute atomic E-state index is 0.0260. The second-order valence-corrected chi connectivity index (χ2v) is 4.05. The van der Waals surface area contributed by atoms with Crippen LogP contribution in [0.15, 0.2) is 18.3 Å². The van der Waals surface area contributed by atoms with Gasteiger partial charge in [-0.05, 0) is 37.7 Å². The Morgan fingerprint density at radius 3 is 2.94 bits per heavy atom. The molecule has 0 aliphatic rings. The van der Waals surface area contributed by atoms with Crippen LogP contribution in [0.1, 0.15) is 31.0 Å². The lowest BCUT2D eigenvalue weighted by molar-refractivity contribution is 0.320. The van der Waals surface area contributed by atoms with Gasteiger partial charge in [-0.3, -0.25) is 10.4 Å². The van der Waals surface area contributed by atoms with E-state index >= 15 is 0 Å². The second-order valence-electron chi connectivity index (χ2n) is 4.05. The van der Waals surface area contributed by atoms with Crippen molar-refractivity contribution in [3.63, 3.8) is 0 Å². The number of pyridine rings is 1. The monoisotopic (exact) mass is 220 g/mol. The molecule has 0 aliphatic carbocycles. The Morgan fingerprint density at radius 2 is 2.31 bits per heavy atom. The highest BCUT2D eigenvalue weighted by Gasteiger charge is 2.03. The molecule has 1 rings (SSSR count). The Kier molecular flexibility index (Phi) is 4.92. The minimum atomic E-state index is 0.0260. The molecule has 3 N–H and O–H groups in total. The molecule has 0 unspecified atom stereocenters. The van der Waals surface area contributed by atoms with Crippen LogP contribution in [-0.2, 0) is 6.54 Å². The first kappa shape index (κ1) is 12.6. The van der Waals surface area contributed by atoms with Gasteiger partial charge in [-0.15, -0.1) is 0 Å². The van der Waals surface area contributed by atoms with Gasteiger partial charge in [0.05, 0.1) is 0 Å². The lowest BCUT2D eigenvalue weighted by Gasteiger charge is -2.16. The van der Waals surface area contributed by atoms with E-state index in [4.69, 9.17) is 11.1 Å². The fourth-order valence-corrected chi connectivity index (χ4v) is 1.54. The van der Waals surface area contributed by atoms with Crippen LogP contribution in [0.3, 0.4) is 0 Å². The van der Waals surface area contributed by atoms with E-state index in [2.05, 4.69) is 23.9 Å². The molecular formula is C12H20N4. The van der Waals surface area contributed by atoms with Gasteiger partial charge in [0.2, 0.25) is 0 Å². The third-order valence-corrected chi connectivity index (χ3v) is 2.45. The van der Waals surface area contributed by atoms with Gasteiger partial charge in [0.15, 0.2) is 0 Å². The molecule has 0 fully saturated rings. The van der Waals surface area contributed by atoms with E-state index in [9.17, 15) is 0 Å². The molecule has 4 heteroatoms. The first-order valence-corrected chi connectivity index (χ1v) is 5.61. The summed E-state index contributed by atoms with van der Waals surface area (Å²) in [5, 5.41) is 7.33. The van der Waals surface area contributed by atoms with Gasteiger partial charge in [0.25, 0.3) is 0 Å². The van der Waals surface area contributed by atoms with E-state index < -0.39 is 0 Å². The summed E-state index contributed by atoms with van der Waals surface area (Å²) in [6, 6.07) is 3.85. The predicted octanol–water partition coefficient (Wildman–Crippen LogP) is 1.60. The molecule has 0 bridgehead atoms. The van der Waals surface area contributed by atoms with Crippen LogP contribution >= 0.6 is 0 Å². The molecule has 0 aliphatic heterocycles. The fourth-order valence-electron chi connectivity index (χ4n) is 1.54. The Labute approximate surface area is 97.0 Å². The van der Waals surface area contributed by atoms with Crippen molar-refractivity contribution in [2.45, 2.75) is 26.3 Å². The van der Waals surface area contributed by atoms with Crippen molar-refractivity contribution < 1.29 is 0 Å². The highest BCUT2D eigenvalue weighted by Crippen LogP contribution is 2.05. The Bertz CT molecular complexity index is 349. The summed E-state index contributed by atoms with van der Waals surface area (Å²) in [5.41, 5.74) is 7.11. The Morgan fingerprint density at radius 1 is 1.56 bits per heavy atom. The zero-order chi connectivity index (χ0) is 12.0. The molecule has 0 spiro atoms. The summed E-state index contributed by atoms with van der Waals surface area (Å²) in [5.74, 6) is 0.0260. The first-order valence-electron chi connectivity index (χ1n) is 5.61. The molecule has 0 aromatic carbocycles. The first-order chi connectivity index (χ1) is 7.63. The van der Waals surface area contributed by atoms with Crippen LogP contribution in [0.4, 0.5) is 0 Å². The molecule has 1 aromatic heterocycles. The summed E-state index contributed by atoms with van der Waals surface area (Å²) in [7, 11) is 2.10. The topological polar surface area (TPSA) is 66.0 Å². The number of nitrogen functional groups attached to an aromatic ring is 1. The second kappa shape index (κ2) is 6.23. The molecule has 0 radical (unpaired) electrons. The van der Waals surface area contributed by atoms with Crippen molar-refractivity contribution in [1.29, 1.82) is 5.41 Å². The van der Waals surface area contributed by atoms with Gasteiger partial charge in [-0.25, -0.2) is 0 Å². The van der Waals surface area contributed by atoms with Gasteiger partial charge in [-0.1, -0.05) is 13.3 Å². The van der Waals surface area contributed by atoms with Gasteiger partial charge in [0.1, 0.15) is 11.5 Å². The van der Waals surface area contributed by atoms with E-state index in [0.717, 1.165) is 18.7 Å².